The van der Waals surface area contributed by atoms with Gasteiger partial charge < -0.3 is 0 Å². The van der Waals surface area contributed by atoms with Crippen LogP contribution in [0.2, 0.25) is 0 Å². The largest absolute Gasteiger partial charge is 0.294 e. The first-order valence-corrected chi connectivity index (χ1v) is 7.87. The molecule has 1 heterocycles. The molecule has 1 aliphatic rings. The van der Waals surface area contributed by atoms with Gasteiger partial charge in [-0.15, -0.1) is 11.8 Å². The van der Waals surface area contributed by atoms with Crippen molar-refractivity contribution in [1.82, 2.24) is 9.97 Å². The second-order valence-corrected chi connectivity index (χ2v) is 5.93. The lowest BCUT2D eigenvalue weighted by atomic mass is 10.1. The monoisotopic (exact) mass is 284 g/mol. The van der Waals surface area contributed by atoms with Gasteiger partial charge in [-0.05, 0) is 31.4 Å². The molecule has 3 rings (SSSR count). The van der Waals surface area contributed by atoms with E-state index in [1.54, 1.807) is 18.0 Å². The van der Waals surface area contributed by atoms with Gasteiger partial charge in [0.2, 0.25) is 0 Å². The Labute approximate surface area is 122 Å². The first kappa shape index (κ1) is 13.3. The molecule has 0 fully saturated rings. The van der Waals surface area contributed by atoms with Crippen LogP contribution in [0.15, 0.2) is 41.4 Å². The Balaban J connectivity index is 1.75. The molecule has 2 aromatic rings. The maximum Gasteiger partial charge on any atom is 0.166 e. The third-order valence-electron chi connectivity index (χ3n) is 3.40. The maximum absolute atomic E-state index is 11.9. The third-order valence-corrected chi connectivity index (χ3v) is 4.40. The van der Waals surface area contributed by atoms with Gasteiger partial charge in [0, 0.05) is 17.5 Å². The predicted octanol–water partition coefficient (Wildman–Crippen LogP) is 3.68. The van der Waals surface area contributed by atoms with Gasteiger partial charge in [-0.3, -0.25) is 4.79 Å². The van der Waals surface area contributed by atoms with Crippen LogP contribution in [-0.4, -0.2) is 15.8 Å². The second-order valence-electron chi connectivity index (χ2n) is 4.88. The summed E-state index contributed by atoms with van der Waals surface area (Å²) >= 11 is 1.72. The van der Waals surface area contributed by atoms with Crippen molar-refractivity contribution >= 4 is 17.5 Å². The molecule has 102 valence electrons. The molecule has 0 radical (unpaired) electrons. The molecule has 1 aromatic heterocycles. The van der Waals surface area contributed by atoms with Gasteiger partial charge in [0.25, 0.3) is 0 Å². The van der Waals surface area contributed by atoms with Crippen LogP contribution in [0, 0.1) is 0 Å². The molecule has 0 spiro atoms. The number of Topliss-reactive ketones (excluding diaryl/α,β-unsaturated/α-hetero) is 1. The Kier molecular flexibility index (Phi) is 4.11. The molecule has 0 atom stereocenters. The van der Waals surface area contributed by atoms with Gasteiger partial charge in [0.1, 0.15) is 5.82 Å². The summed E-state index contributed by atoms with van der Waals surface area (Å²) in [5.74, 6) is 1.75. The summed E-state index contributed by atoms with van der Waals surface area (Å²) in [5, 5.41) is 0. The molecule has 20 heavy (non-hydrogen) atoms. The van der Waals surface area contributed by atoms with E-state index in [2.05, 4.69) is 22.1 Å². The lowest BCUT2D eigenvalue weighted by molar-refractivity contribution is 0.0981. The van der Waals surface area contributed by atoms with Crippen molar-refractivity contribution < 1.29 is 4.79 Å². The van der Waals surface area contributed by atoms with Crippen LogP contribution in [-0.2, 0) is 12.2 Å². The molecular weight excluding hydrogens is 268 g/mol. The summed E-state index contributed by atoms with van der Waals surface area (Å²) in [6.45, 7) is 0. The summed E-state index contributed by atoms with van der Waals surface area (Å²) in [7, 11) is 0. The number of carbonyl (C=O) groups is 1. The number of nitrogens with zero attached hydrogens (tertiary/aromatic N) is 2. The van der Waals surface area contributed by atoms with E-state index in [9.17, 15) is 4.79 Å². The zero-order chi connectivity index (χ0) is 13.8. The average Bonchev–Trinajstić information content (AvgIpc) is 2.68. The summed E-state index contributed by atoms with van der Waals surface area (Å²) in [6.07, 6.45) is 5.25. The zero-order valence-corrected chi connectivity index (χ0v) is 12.0. The molecule has 0 unspecified atom stereocenters. The van der Waals surface area contributed by atoms with Crippen molar-refractivity contribution in [2.45, 2.75) is 36.3 Å². The zero-order valence-electron chi connectivity index (χ0n) is 11.2. The van der Waals surface area contributed by atoms with Crippen LogP contribution < -0.4 is 0 Å². The van der Waals surface area contributed by atoms with E-state index in [-0.39, 0.29) is 5.78 Å². The van der Waals surface area contributed by atoms with E-state index >= 15 is 0 Å². The summed E-state index contributed by atoms with van der Waals surface area (Å²) in [6, 6.07) is 10.2. The topological polar surface area (TPSA) is 42.9 Å². The fourth-order valence-corrected chi connectivity index (χ4v) is 3.11. The van der Waals surface area contributed by atoms with Gasteiger partial charge in [-0.25, -0.2) is 9.97 Å². The highest BCUT2D eigenvalue weighted by atomic mass is 32.2. The molecule has 0 N–H and O–H groups in total. The minimum atomic E-state index is 0.194. The summed E-state index contributed by atoms with van der Waals surface area (Å²) in [5.41, 5.74) is 1.67. The fourth-order valence-electron chi connectivity index (χ4n) is 2.33. The first-order chi connectivity index (χ1) is 9.83. The van der Waals surface area contributed by atoms with Crippen LogP contribution in [0.5, 0.6) is 0 Å². The van der Waals surface area contributed by atoms with Gasteiger partial charge in [-0.2, -0.15) is 0 Å². The molecule has 0 amide bonds. The van der Waals surface area contributed by atoms with Crippen molar-refractivity contribution in [2.75, 3.05) is 0 Å². The number of thioether (sulfide) groups is 1. The number of aryl methyl sites for hydroxylation is 1. The highest BCUT2D eigenvalue weighted by Crippen LogP contribution is 2.23. The number of rotatable bonds is 3. The first-order valence-electron chi connectivity index (χ1n) is 6.89. The number of aromatic nitrogens is 2. The molecule has 0 saturated carbocycles. The predicted molar refractivity (Wildman–Crippen MR) is 79.9 cm³/mol. The number of benzene rings is 1. The second kappa shape index (κ2) is 6.18. The number of hydrogen-bond donors (Lipinski definition) is 0. The van der Waals surface area contributed by atoms with Gasteiger partial charge in [0.15, 0.2) is 5.78 Å². The van der Waals surface area contributed by atoms with Gasteiger partial charge >= 0.3 is 0 Å². The van der Waals surface area contributed by atoms with E-state index in [1.807, 2.05) is 18.2 Å². The molecule has 0 bridgehead atoms. The number of ketones is 1. The third kappa shape index (κ3) is 3.07. The highest BCUT2D eigenvalue weighted by Gasteiger charge is 2.17. The molecule has 4 heteroatoms. The maximum atomic E-state index is 11.9. The molecular formula is C16H16N2OS. The van der Waals surface area contributed by atoms with Crippen molar-refractivity contribution in [3.63, 3.8) is 0 Å². The normalized spacial score (nSPS) is 14.7. The minimum absolute atomic E-state index is 0.194. The lowest BCUT2D eigenvalue weighted by Crippen LogP contribution is -2.06. The lowest BCUT2D eigenvalue weighted by Gasteiger charge is -2.06. The quantitative estimate of drug-likeness (QED) is 0.637. The van der Waals surface area contributed by atoms with Crippen LogP contribution in [0.25, 0.3) is 0 Å². The Hall–Kier alpha value is -1.68. The minimum Gasteiger partial charge on any atom is -0.294 e. The van der Waals surface area contributed by atoms with Gasteiger partial charge in [-0.1, -0.05) is 18.2 Å². The van der Waals surface area contributed by atoms with Crippen LogP contribution in [0.1, 0.15) is 41.1 Å². The fraction of sp³-hybridized carbons (Fsp3) is 0.312. The SMILES string of the molecule is O=C1CCCCc2nc(CSc3ccccc3)ncc21. The van der Waals surface area contributed by atoms with Crippen LogP contribution in [0.3, 0.4) is 0 Å². The molecule has 1 aromatic carbocycles. The van der Waals surface area contributed by atoms with E-state index in [4.69, 9.17) is 0 Å². The number of carbonyl (C=O) groups excluding carboxylic acids is 1. The Morgan fingerprint density at radius 3 is 2.75 bits per heavy atom. The van der Waals surface area contributed by atoms with Crippen LogP contribution in [0.4, 0.5) is 0 Å². The molecule has 3 nitrogen and oxygen atoms in total. The van der Waals surface area contributed by atoms with E-state index < -0.39 is 0 Å². The average molecular weight is 284 g/mol. The van der Waals surface area contributed by atoms with Gasteiger partial charge in [0.05, 0.1) is 17.0 Å². The van der Waals surface area contributed by atoms with Crippen molar-refractivity contribution in [1.29, 1.82) is 0 Å². The summed E-state index contributed by atoms with van der Waals surface area (Å²) in [4.78, 5) is 22.1. The van der Waals surface area contributed by atoms with Crippen molar-refractivity contribution in [3.05, 3.63) is 53.6 Å². The highest BCUT2D eigenvalue weighted by molar-refractivity contribution is 7.98. The molecule has 0 aliphatic heterocycles. The molecule has 0 saturated heterocycles. The number of fused-ring (bicyclic) bond motifs is 1. The summed E-state index contributed by atoms with van der Waals surface area (Å²) < 4.78 is 0. The Morgan fingerprint density at radius 2 is 1.90 bits per heavy atom. The standard InChI is InChI=1S/C16H16N2OS/c19-15-9-5-4-8-14-13(15)10-17-16(18-14)11-20-12-6-2-1-3-7-12/h1-3,6-7,10H,4-5,8-9,11H2. The van der Waals surface area contributed by atoms with Crippen molar-refractivity contribution in [3.8, 4) is 0 Å². The Bertz CT molecular complexity index is 613. The molecule has 1 aliphatic carbocycles. The van der Waals surface area contributed by atoms with E-state index in [0.29, 0.717) is 6.42 Å². The number of hydrogen-bond acceptors (Lipinski definition) is 4. The van der Waals surface area contributed by atoms with E-state index in [0.717, 1.165) is 42.1 Å². The van der Waals surface area contributed by atoms with E-state index in [1.165, 1.54) is 4.90 Å². The Morgan fingerprint density at radius 1 is 1.10 bits per heavy atom. The van der Waals surface area contributed by atoms with Crippen LogP contribution >= 0.6 is 11.8 Å². The smallest absolute Gasteiger partial charge is 0.166 e. The van der Waals surface area contributed by atoms with Crippen molar-refractivity contribution in [2.24, 2.45) is 0 Å².